The minimum Gasteiger partial charge on any atom is -0.478 e. The lowest BCUT2D eigenvalue weighted by molar-refractivity contribution is -0.177. The van der Waals surface area contributed by atoms with E-state index >= 15 is 0 Å². The third-order valence-corrected chi connectivity index (χ3v) is 3.15. The number of rotatable bonds is 4. The highest BCUT2D eigenvalue weighted by atomic mass is 19.2. The molecule has 1 amide bonds. The number of benzene rings is 1. The SMILES string of the molecule is CC(=O)O[C@@H](C(=O)O)[C@H]1OCCN(c2ccc(F)c(F)c2)C1=O. The average molecular weight is 329 g/mol. The first-order valence-electron chi connectivity index (χ1n) is 6.59. The monoisotopic (exact) mass is 329 g/mol. The van der Waals surface area contributed by atoms with Crippen molar-refractivity contribution < 1.29 is 37.7 Å². The van der Waals surface area contributed by atoms with Gasteiger partial charge in [-0.25, -0.2) is 13.6 Å². The number of ether oxygens (including phenoxy) is 2. The number of carbonyl (C=O) groups is 3. The fraction of sp³-hybridized carbons (Fsp3) is 0.357. The summed E-state index contributed by atoms with van der Waals surface area (Å²) in [5, 5.41) is 9.09. The molecule has 0 bridgehead atoms. The number of morpholine rings is 1. The van der Waals surface area contributed by atoms with Crippen molar-refractivity contribution in [3.05, 3.63) is 29.8 Å². The van der Waals surface area contributed by atoms with Crippen LogP contribution >= 0.6 is 0 Å². The van der Waals surface area contributed by atoms with Crippen LogP contribution in [-0.2, 0) is 23.9 Å². The molecule has 23 heavy (non-hydrogen) atoms. The second-order valence-corrected chi connectivity index (χ2v) is 4.75. The third-order valence-electron chi connectivity index (χ3n) is 3.15. The smallest absolute Gasteiger partial charge is 0.348 e. The van der Waals surface area contributed by atoms with Gasteiger partial charge in [-0.1, -0.05) is 0 Å². The van der Waals surface area contributed by atoms with Crippen LogP contribution in [0.1, 0.15) is 6.92 Å². The zero-order chi connectivity index (χ0) is 17.1. The van der Waals surface area contributed by atoms with Crippen LogP contribution in [0.2, 0.25) is 0 Å². The Hall–Kier alpha value is -2.55. The van der Waals surface area contributed by atoms with E-state index in [1.807, 2.05) is 0 Å². The summed E-state index contributed by atoms with van der Waals surface area (Å²) in [4.78, 5) is 35.6. The average Bonchev–Trinajstić information content (AvgIpc) is 2.48. The molecule has 1 aliphatic heterocycles. The molecule has 1 saturated heterocycles. The maximum atomic E-state index is 13.3. The lowest BCUT2D eigenvalue weighted by Crippen LogP contribution is -2.55. The molecule has 0 radical (unpaired) electrons. The second kappa shape index (κ2) is 6.69. The standard InChI is InChI=1S/C14H13F2NO6/c1-7(18)23-12(14(20)21)11-13(19)17(4-5-22-11)8-2-3-9(15)10(16)6-8/h2-3,6,11-12H,4-5H2,1H3,(H,20,21)/t11-,12-/m1/s1. The van der Waals surface area contributed by atoms with Gasteiger partial charge in [0.2, 0.25) is 6.10 Å². The Balaban J connectivity index is 2.27. The van der Waals surface area contributed by atoms with Crippen LogP contribution in [0.5, 0.6) is 0 Å². The van der Waals surface area contributed by atoms with Crippen molar-refractivity contribution in [1.29, 1.82) is 0 Å². The first kappa shape index (κ1) is 16.8. The fourth-order valence-electron chi connectivity index (χ4n) is 2.15. The number of carbonyl (C=O) groups excluding carboxylic acids is 2. The molecule has 0 spiro atoms. The molecule has 9 heteroatoms. The van der Waals surface area contributed by atoms with Crippen molar-refractivity contribution in [2.24, 2.45) is 0 Å². The molecular weight excluding hydrogens is 316 g/mol. The van der Waals surface area contributed by atoms with Crippen LogP contribution in [0, 0.1) is 11.6 Å². The highest BCUT2D eigenvalue weighted by Crippen LogP contribution is 2.23. The molecular formula is C14H13F2NO6. The quantitative estimate of drug-likeness (QED) is 0.818. The number of amides is 1. The predicted molar refractivity (Wildman–Crippen MR) is 71.6 cm³/mol. The summed E-state index contributed by atoms with van der Waals surface area (Å²) in [6, 6.07) is 2.85. The van der Waals surface area contributed by atoms with Gasteiger partial charge in [-0.15, -0.1) is 0 Å². The summed E-state index contributed by atoms with van der Waals surface area (Å²) in [5.41, 5.74) is 0.0502. The van der Waals surface area contributed by atoms with Gasteiger partial charge in [-0.3, -0.25) is 9.59 Å². The Kier molecular flexibility index (Phi) is 4.89. The molecule has 0 aliphatic carbocycles. The van der Waals surface area contributed by atoms with Crippen LogP contribution in [0.15, 0.2) is 18.2 Å². The largest absolute Gasteiger partial charge is 0.478 e. The number of anilines is 1. The molecule has 1 aromatic carbocycles. The molecule has 1 aromatic rings. The highest BCUT2D eigenvalue weighted by Gasteiger charge is 2.42. The van der Waals surface area contributed by atoms with Crippen molar-refractivity contribution in [2.45, 2.75) is 19.1 Å². The molecule has 7 nitrogen and oxygen atoms in total. The van der Waals surface area contributed by atoms with E-state index in [0.717, 1.165) is 24.0 Å². The molecule has 2 rings (SSSR count). The van der Waals surface area contributed by atoms with Crippen LogP contribution in [0.25, 0.3) is 0 Å². The van der Waals surface area contributed by atoms with Gasteiger partial charge in [0, 0.05) is 25.2 Å². The van der Waals surface area contributed by atoms with E-state index in [2.05, 4.69) is 4.74 Å². The first-order valence-corrected chi connectivity index (χ1v) is 6.59. The van der Waals surface area contributed by atoms with E-state index < -0.39 is 41.7 Å². The number of hydrogen-bond acceptors (Lipinski definition) is 5. The second-order valence-electron chi connectivity index (χ2n) is 4.75. The number of aliphatic carboxylic acids is 1. The van der Waals surface area contributed by atoms with E-state index in [-0.39, 0.29) is 18.8 Å². The molecule has 1 N–H and O–H groups in total. The number of hydrogen-bond donors (Lipinski definition) is 1. The first-order chi connectivity index (χ1) is 10.8. The minimum absolute atomic E-state index is 0.0207. The van der Waals surface area contributed by atoms with Crippen molar-refractivity contribution in [3.63, 3.8) is 0 Å². The number of carboxylic acid groups (broad SMARTS) is 1. The van der Waals surface area contributed by atoms with Crippen LogP contribution in [-0.4, -0.2) is 48.3 Å². The Morgan fingerprint density at radius 2 is 2.09 bits per heavy atom. The maximum absolute atomic E-state index is 13.3. The van der Waals surface area contributed by atoms with Gasteiger partial charge < -0.3 is 19.5 Å². The lowest BCUT2D eigenvalue weighted by atomic mass is 10.1. The molecule has 1 aliphatic rings. The summed E-state index contributed by atoms with van der Waals surface area (Å²) in [6.07, 6.45) is -3.40. The summed E-state index contributed by atoms with van der Waals surface area (Å²) in [5.74, 6) is -5.48. The summed E-state index contributed by atoms with van der Waals surface area (Å²) < 4.78 is 36.0. The number of halogens is 2. The molecule has 0 saturated carbocycles. The zero-order valence-electron chi connectivity index (χ0n) is 12.0. The van der Waals surface area contributed by atoms with Crippen molar-refractivity contribution in [1.82, 2.24) is 0 Å². The zero-order valence-corrected chi connectivity index (χ0v) is 12.0. The number of esters is 1. The summed E-state index contributed by atoms with van der Waals surface area (Å²) in [7, 11) is 0. The van der Waals surface area contributed by atoms with Crippen LogP contribution < -0.4 is 4.90 Å². The van der Waals surface area contributed by atoms with Gasteiger partial charge >= 0.3 is 11.9 Å². The van der Waals surface area contributed by atoms with Gasteiger partial charge in [0.15, 0.2) is 17.7 Å². The molecule has 0 unspecified atom stereocenters. The summed E-state index contributed by atoms with van der Waals surface area (Å²) >= 11 is 0. The van der Waals surface area contributed by atoms with E-state index in [1.165, 1.54) is 6.07 Å². The van der Waals surface area contributed by atoms with E-state index in [1.54, 1.807) is 0 Å². The summed E-state index contributed by atoms with van der Waals surface area (Å²) in [6.45, 7) is 0.962. The Bertz CT molecular complexity index is 650. The Morgan fingerprint density at radius 3 is 2.65 bits per heavy atom. The van der Waals surface area contributed by atoms with E-state index in [9.17, 15) is 23.2 Å². The van der Waals surface area contributed by atoms with Crippen LogP contribution in [0.3, 0.4) is 0 Å². The van der Waals surface area contributed by atoms with Crippen molar-refractivity contribution >= 4 is 23.5 Å². The topological polar surface area (TPSA) is 93.1 Å². The molecule has 0 aromatic heterocycles. The van der Waals surface area contributed by atoms with Crippen molar-refractivity contribution in [3.8, 4) is 0 Å². The van der Waals surface area contributed by atoms with Gasteiger partial charge in [0.1, 0.15) is 0 Å². The number of nitrogens with zero attached hydrogens (tertiary/aromatic N) is 1. The van der Waals surface area contributed by atoms with Gasteiger partial charge in [-0.2, -0.15) is 0 Å². The molecule has 1 fully saturated rings. The van der Waals surface area contributed by atoms with Gasteiger partial charge in [0.25, 0.3) is 5.91 Å². The normalized spacial score (nSPS) is 19.3. The lowest BCUT2D eigenvalue weighted by Gasteiger charge is -2.34. The molecule has 2 atom stereocenters. The van der Waals surface area contributed by atoms with E-state index in [0.29, 0.717) is 0 Å². The van der Waals surface area contributed by atoms with Gasteiger partial charge in [-0.05, 0) is 12.1 Å². The van der Waals surface area contributed by atoms with E-state index in [4.69, 9.17) is 9.84 Å². The molecule has 1 heterocycles. The van der Waals surface area contributed by atoms with Crippen molar-refractivity contribution in [2.75, 3.05) is 18.1 Å². The third kappa shape index (κ3) is 3.62. The minimum atomic E-state index is -1.83. The predicted octanol–water partition coefficient (Wildman–Crippen LogP) is 0.713. The highest BCUT2D eigenvalue weighted by molar-refractivity contribution is 6.00. The Morgan fingerprint density at radius 1 is 1.39 bits per heavy atom. The maximum Gasteiger partial charge on any atom is 0.348 e. The Labute approximate surface area is 129 Å². The van der Waals surface area contributed by atoms with Gasteiger partial charge in [0.05, 0.1) is 6.61 Å². The van der Waals surface area contributed by atoms with Crippen LogP contribution in [0.4, 0.5) is 14.5 Å². The fourth-order valence-corrected chi connectivity index (χ4v) is 2.15. The number of carboxylic acids is 1. The molecule has 124 valence electrons.